The van der Waals surface area contributed by atoms with Gasteiger partial charge < -0.3 is 9.30 Å². The van der Waals surface area contributed by atoms with Crippen LogP contribution < -0.4 is 11.2 Å². The quantitative estimate of drug-likeness (QED) is 0.701. The lowest BCUT2D eigenvalue weighted by molar-refractivity contribution is -0.141. The zero-order chi connectivity index (χ0) is 19.9. The molecule has 0 spiro atoms. The molecule has 0 saturated carbocycles. The minimum absolute atomic E-state index is 0.116. The maximum atomic E-state index is 12.7. The van der Waals surface area contributed by atoms with E-state index in [-0.39, 0.29) is 12.1 Å². The van der Waals surface area contributed by atoms with Crippen LogP contribution in [0.5, 0.6) is 0 Å². The predicted molar refractivity (Wildman–Crippen MR) is 100 cm³/mol. The van der Waals surface area contributed by atoms with E-state index in [9.17, 15) is 14.4 Å². The third-order valence-electron chi connectivity index (χ3n) is 5.25. The molecule has 0 aromatic carbocycles. The number of ether oxygens (including phenoxy) is 1. The van der Waals surface area contributed by atoms with Crippen molar-refractivity contribution in [1.29, 1.82) is 0 Å². The number of hydrogen-bond acceptors (Lipinski definition) is 6. The Balaban J connectivity index is 2.13. The van der Waals surface area contributed by atoms with Gasteiger partial charge in [-0.05, 0) is 18.3 Å². The number of likely N-dealkylation sites (tertiary alicyclic amines) is 1. The molecule has 0 unspecified atom stereocenters. The Labute approximate surface area is 157 Å². The fourth-order valence-electron chi connectivity index (χ4n) is 4.10. The van der Waals surface area contributed by atoms with Crippen LogP contribution in [0.2, 0.25) is 0 Å². The molecule has 0 N–H and O–H groups in total. The summed E-state index contributed by atoms with van der Waals surface area (Å²) in [6.45, 7) is 6.71. The highest BCUT2D eigenvalue weighted by Crippen LogP contribution is 2.23. The lowest BCUT2D eigenvalue weighted by atomic mass is 9.92. The monoisotopic (exact) mass is 377 g/mol. The maximum absolute atomic E-state index is 12.7. The molecule has 1 aliphatic rings. The summed E-state index contributed by atoms with van der Waals surface area (Å²) >= 11 is 0. The molecular formula is C18H27N5O4. The fourth-order valence-corrected chi connectivity index (χ4v) is 4.10. The van der Waals surface area contributed by atoms with Gasteiger partial charge in [0.1, 0.15) is 12.4 Å². The molecule has 3 rings (SSSR count). The van der Waals surface area contributed by atoms with E-state index in [4.69, 9.17) is 4.74 Å². The number of carbonyl (C=O) groups is 1. The Morgan fingerprint density at radius 1 is 1.15 bits per heavy atom. The van der Waals surface area contributed by atoms with Gasteiger partial charge in [-0.3, -0.25) is 23.6 Å². The highest BCUT2D eigenvalue weighted by molar-refractivity contribution is 5.75. The number of methoxy groups -OCH3 is 1. The lowest BCUT2D eigenvalue weighted by Crippen LogP contribution is -2.39. The number of imidazole rings is 1. The van der Waals surface area contributed by atoms with Gasteiger partial charge in [-0.15, -0.1) is 0 Å². The van der Waals surface area contributed by atoms with Crippen LogP contribution in [-0.2, 0) is 36.7 Å². The molecule has 9 heteroatoms. The minimum atomic E-state index is -0.466. The molecule has 0 radical (unpaired) electrons. The van der Waals surface area contributed by atoms with Crippen molar-refractivity contribution >= 4 is 17.1 Å². The van der Waals surface area contributed by atoms with E-state index in [2.05, 4.69) is 23.7 Å². The summed E-state index contributed by atoms with van der Waals surface area (Å²) in [5.41, 5.74) is -0.365. The average molecular weight is 377 g/mol. The third kappa shape index (κ3) is 3.55. The zero-order valence-corrected chi connectivity index (χ0v) is 16.6. The first kappa shape index (κ1) is 19.3. The molecule has 2 aromatic rings. The summed E-state index contributed by atoms with van der Waals surface area (Å²) in [5, 5.41) is 0. The van der Waals surface area contributed by atoms with E-state index >= 15 is 0 Å². The van der Waals surface area contributed by atoms with Gasteiger partial charge in [0.25, 0.3) is 5.56 Å². The number of nitrogens with zero attached hydrogens (tertiary/aromatic N) is 5. The number of aryl methyl sites for hydroxylation is 1. The minimum Gasteiger partial charge on any atom is -0.468 e. The van der Waals surface area contributed by atoms with E-state index in [0.717, 1.165) is 17.7 Å². The highest BCUT2D eigenvalue weighted by atomic mass is 16.5. The van der Waals surface area contributed by atoms with E-state index in [0.29, 0.717) is 29.9 Å². The first-order valence-electron chi connectivity index (χ1n) is 9.17. The second-order valence-corrected chi connectivity index (χ2v) is 7.71. The lowest BCUT2D eigenvalue weighted by Gasteiger charge is -2.34. The van der Waals surface area contributed by atoms with E-state index in [1.165, 1.54) is 25.1 Å². The zero-order valence-electron chi connectivity index (χ0n) is 16.6. The molecular weight excluding hydrogens is 350 g/mol. The number of piperidine rings is 1. The summed E-state index contributed by atoms with van der Waals surface area (Å²) in [7, 11) is 4.31. The van der Waals surface area contributed by atoms with Crippen molar-refractivity contribution in [3.63, 3.8) is 0 Å². The Morgan fingerprint density at radius 2 is 1.78 bits per heavy atom. The topological polar surface area (TPSA) is 91.4 Å². The van der Waals surface area contributed by atoms with Crippen molar-refractivity contribution in [1.82, 2.24) is 23.6 Å². The van der Waals surface area contributed by atoms with Crippen molar-refractivity contribution in [3.8, 4) is 0 Å². The Hall–Kier alpha value is -2.42. The summed E-state index contributed by atoms with van der Waals surface area (Å²) in [5.74, 6) is 1.27. The number of esters is 1. The fraction of sp³-hybridized carbons (Fsp3) is 0.667. The largest absolute Gasteiger partial charge is 0.468 e. The van der Waals surface area contributed by atoms with Crippen molar-refractivity contribution in [2.75, 3.05) is 20.2 Å². The van der Waals surface area contributed by atoms with Crippen LogP contribution in [0.1, 0.15) is 26.1 Å². The summed E-state index contributed by atoms with van der Waals surface area (Å²) in [6.07, 6.45) is 1.18. The van der Waals surface area contributed by atoms with Gasteiger partial charge in [0, 0.05) is 27.2 Å². The van der Waals surface area contributed by atoms with Gasteiger partial charge >= 0.3 is 11.7 Å². The molecule has 9 nitrogen and oxygen atoms in total. The van der Waals surface area contributed by atoms with Gasteiger partial charge in [0.15, 0.2) is 11.2 Å². The second-order valence-electron chi connectivity index (χ2n) is 7.71. The van der Waals surface area contributed by atoms with Gasteiger partial charge in [-0.1, -0.05) is 13.8 Å². The van der Waals surface area contributed by atoms with Gasteiger partial charge in [0.05, 0.1) is 13.7 Å². The Bertz CT molecular complexity index is 976. The molecule has 0 aliphatic carbocycles. The maximum Gasteiger partial charge on any atom is 0.332 e. The van der Waals surface area contributed by atoms with Crippen LogP contribution >= 0.6 is 0 Å². The standard InChI is InChI=1S/C18H27N5O4/c1-11-6-12(2)8-22(7-11)9-13-19-16-15(23(13)10-14(24)27-5)17(25)21(4)18(26)20(16)3/h11-12H,6-10H2,1-5H3/t11-,12-/m0/s1. The molecule has 0 amide bonds. The molecule has 2 atom stereocenters. The van der Waals surface area contributed by atoms with Crippen LogP contribution in [0.15, 0.2) is 9.59 Å². The van der Waals surface area contributed by atoms with Crippen molar-refractivity contribution in [3.05, 3.63) is 26.7 Å². The van der Waals surface area contributed by atoms with E-state index in [1.807, 2.05) is 0 Å². The highest BCUT2D eigenvalue weighted by Gasteiger charge is 2.26. The molecule has 1 aliphatic heterocycles. The SMILES string of the molecule is COC(=O)Cn1c(CN2C[C@@H](C)C[C@H](C)C2)nc2c1c(=O)n(C)c(=O)n2C. The summed E-state index contributed by atoms with van der Waals surface area (Å²) in [6, 6.07) is 0. The van der Waals surface area contributed by atoms with Crippen LogP contribution in [0, 0.1) is 11.8 Å². The molecule has 1 saturated heterocycles. The number of rotatable bonds is 4. The van der Waals surface area contributed by atoms with Gasteiger partial charge in [-0.25, -0.2) is 9.78 Å². The number of hydrogen-bond donors (Lipinski definition) is 0. The predicted octanol–water partition coefficient (Wildman–Crippen LogP) is 0.0846. The Morgan fingerprint density at radius 3 is 2.37 bits per heavy atom. The first-order chi connectivity index (χ1) is 12.7. The van der Waals surface area contributed by atoms with Crippen LogP contribution in [0.3, 0.4) is 0 Å². The number of carbonyl (C=O) groups excluding carboxylic acids is 1. The van der Waals surface area contributed by atoms with Crippen LogP contribution in [0.25, 0.3) is 11.2 Å². The molecule has 0 bridgehead atoms. The van der Waals surface area contributed by atoms with E-state index < -0.39 is 17.2 Å². The van der Waals surface area contributed by atoms with Crippen LogP contribution in [0.4, 0.5) is 0 Å². The molecule has 27 heavy (non-hydrogen) atoms. The second kappa shape index (κ2) is 7.30. The van der Waals surface area contributed by atoms with Crippen molar-refractivity contribution < 1.29 is 9.53 Å². The smallest absolute Gasteiger partial charge is 0.332 e. The van der Waals surface area contributed by atoms with E-state index in [1.54, 1.807) is 11.6 Å². The molecule has 2 aromatic heterocycles. The van der Waals surface area contributed by atoms with Crippen LogP contribution in [-0.4, -0.2) is 49.8 Å². The molecule has 3 heterocycles. The number of aromatic nitrogens is 4. The third-order valence-corrected chi connectivity index (χ3v) is 5.25. The van der Waals surface area contributed by atoms with Gasteiger partial charge in [0.2, 0.25) is 0 Å². The molecule has 148 valence electrons. The van der Waals surface area contributed by atoms with Crippen molar-refractivity contribution in [2.24, 2.45) is 25.9 Å². The average Bonchev–Trinajstić information content (AvgIpc) is 2.95. The van der Waals surface area contributed by atoms with Gasteiger partial charge in [-0.2, -0.15) is 0 Å². The first-order valence-corrected chi connectivity index (χ1v) is 9.17. The molecule has 1 fully saturated rings. The Kier molecular flexibility index (Phi) is 5.23. The summed E-state index contributed by atoms with van der Waals surface area (Å²) < 4.78 is 8.76. The van der Waals surface area contributed by atoms with Crippen molar-refractivity contribution in [2.45, 2.75) is 33.4 Å². The summed E-state index contributed by atoms with van der Waals surface area (Å²) in [4.78, 5) is 43.8. The number of fused-ring (bicyclic) bond motifs is 1. The normalized spacial score (nSPS) is 20.9.